The van der Waals surface area contributed by atoms with Gasteiger partial charge in [0.05, 0.1) is 25.2 Å². The van der Waals surface area contributed by atoms with E-state index < -0.39 is 21.8 Å². The third-order valence-corrected chi connectivity index (χ3v) is 6.04. The van der Waals surface area contributed by atoms with Crippen LogP contribution in [0.3, 0.4) is 0 Å². The van der Waals surface area contributed by atoms with Crippen molar-refractivity contribution in [3.05, 3.63) is 48.0 Å². The second-order valence-electron chi connectivity index (χ2n) is 6.94. The Morgan fingerprint density at radius 3 is 2.61 bits per heavy atom. The lowest BCUT2D eigenvalue weighted by Crippen LogP contribution is -2.19. The van der Waals surface area contributed by atoms with Crippen LogP contribution in [0.15, 0.2) is 47.4 Å². The second kappa shape index (κ2) is 9.15. The van der Waals surface area contributed by atoms with Crippen LogP contribution in [0.5, 0.6) is 5.75 Å². The van der Waals surface area contributed by atoms with Crippen LogP contribution < -0.4 is 14.8 Å². The topological polar surface area (TPSA) is 93.7 Å². The number of rotatable bonds is 7. The summed E-state index contributed by atoms with van der Waals surface area (Å²) < 4.78 is 76.8. The number of sulfonamides is 1. The minimum Gasteiger partial charge on any atom is -0.495 e. The fourth-order valence-electron chi connectivity index (χ4n) is 3.16. The molecule has 11 heteroatoms. The number of methoxy groups -OCH3 is 1. The SMILES string of the molecule is COc1cc(NC(=O)CC2CCCO2)ccc1S(=O)(=O)Nc1cccc(C(F)(F)F)c1. The fourth-order valence-corrected chi connectivity index (χ4v) is 4.36. The minimum atomic E-state index is -4.61. The molecule has 1 saturated heterocycles. The number of carbonyl (C=O) groups is 1. The number of anilines is 2. The molecule has 1 aliphatic rings. The van der Waals surface area contributed by atoms with Gasteiger partial charge in [0.15, 0.2) is 0 Å². The molecule has 1 fully saturated rings. The highest BCUT2D eigenvalue weighted by Gasteiger charge is 2.31. The average Bonchev–Trinajstić information content (AvgIpc) is 3.19. The van der Waals surface area contributed by atoms with Gasteiger partial charge in [-0.2, -0.15) is 13.2 Å². The molecule has 0 aromatic heterocycles. The number of ether oxygens (including phenoxy) is 2. The first kappa shape index (κ1) is 22.9. The molecular formula is C20H21F3N2O5S. The molecule has 0 spiro atoms. The molecule has 1 amide bonds. The summed E-state index contributed by atoms with van der Waals surface area (Å²) in [6.45, 7) is 0.622. The predicted octanol–water partition coefficient (Wildman–Crippen LogP) is 4.02. The van der Waals surface area contributed by atoms with Crippen LogP contribution in [0.4, 0.5) is 24.5 Å². The number of hydrogen-bond donors (Lipinski definition) is 2. The van der Waals surface area contributed by atoms with Crippen molar-refractivity contribution in [1.29, 1.82) is 0 Å². The Morgan fingerprint density at radius 2 is 1.97 bits per heavy atom. The van der Waals surface area contributed by atoms with Crippen molar-refractivity contribution in [2.75, 3.05) is 23.8 Å². The number of carbonyl (C=O) groups excluding carboxylic acids is 1. The summed E-state index contributed by atoms with van der Waals surface area (Å²) in [7, 11) is -3.01. The summed E-state index contributed by atoms with van der Waals surface area (Å²) in [4.78, 5) is 11.9. The number of amides is 1. The van der Waals surface area contributed by atoms with Gasteiger partial charge in [0.2, 0.25) is 5.91 Å². The fraction of sp³-hybridized carbons (Fsp3) is 0.350. The maximum absolute atomic E-state index is 12.9. The molecule has 2 aromatic rings. The Labute approximate surface area is 177 Å². The zero-order valence-corrected chi connectivity index (χ0v) is 17.3. The van der Waals surface area contributed by atoms with E-state index in [2.05, 4.69) is 10.0 Å². The Morgan fingerprint density at radius 1 is 1.19 bits per heavy atom. The van der Waals surface area contributed by atoms with Crippen LogP contribution in [0.1, 0.15) is 24.8 Å². The van der Waals surface area contributed by atoms with Crippen molar-refractivity contribution in [1.82, 2.24) is 0 Å². The van der Waals surface area contributed by atoms with Gasteiger partial charge in [-0.15, -0.1) is 0 Å². The van der Waals surface area contributed by atoms with Gasteiger partial charge in [-0.25, -0.2) is 8.42 Å². The monoisotopic (exact) mass is 458 g/mol. The summed E-state index contributed by atoms with van der Waals surface area (Å²) in [6.07, 6.45) is -2.87. The van der Waals surface area contributed by atoms with Crippen LogP contribution in [0.2, 0.25) is 0 Å². The molecule has 1 atom stereocenters. The quantitative estimate of drug-likeness (QED) is 0.654. The summed E-state index contributed by atoms with van der Waals surface area (Å²) in [5.41, 5.74) is -0.910. The smallest absolute Gasteiger partial charge is 0.416 e. The largest absolute Gasteiger partial charge is 0.495 e. The van der Waals surface area contributed by atoms with E-state index in [1.165, 1.54) is 31.4 Å². The number of hydrogen-bond acceptors (Lipinski definition) is 5. The first-order valence-corrected chi connectivity index (χ1v) is 10.9. The van der Waals surface area contributed by atoms with E-state index in [9.17, 15) is 26.4 Å². The number of nitrogens with one attached hydrogen (secondary N) is 2. The molecular weight excluding hydrogens is 437 g/mol. The van der Waals surface area contributed by atoms with E-state index in [1.54, 1.807) is 0 Å². The van der Waals surface area contributed by atoms with Crippen LogP contribution in [-0.4, -0.2) is 34.1 Å². The number of halogens is 3. The van der Waals surface area contributed by atoms with Crippen molar-refractivity contribution < 1.29 is 35.9 Å². The van der Waals surface area contributed by atoms with Crippen molar-refractivity contribution in [3.8, 4) is 5.75 Å². The molecule has 168 valence electrons. The predicted molar refractivity (Wildman–Crippen MR) is 107 cm³/mol. The lowest BCUT2D eigenvalue weighted by atomic mass is 10.1. The van der Waals surface area contributed by atoms with Crippen LogP contribution >= 0.6 is 0 Å². The third kappa shape index (κ3) is 5.88. The third-order valence-electron chi connectivity index (χ3n) is 4.62. The van der Waals surface area contributed by atoms with E-state index in [0.29, 0.717) is 18.4 Å². The summed E-state index contributed by atoms with van der Waals surface area (Å²) in [5, 5.41) is 2.66. The van der Waals surface area contributed by atoms with Gasteiger partial charge in [0, 0.05) is 24.0 Å². The molecule has 1 aliphatic heterocycles. The standard InChI is InChI=1S/C20H21F3N2O5S/c1-29-17-11-14(24-19(26)12-16-6-3-9-30-16)7-8-18(17)31(27,28)25-15-5-2-4-13(10-15)20(21,22)23/h2,4-5,7-8,10-11,16,25H,3,6,9,12H2,1H3,(H,24,26). The first-order chi connectivity index (χ1) is 14.6. The highest BCUT2D eigenvalue weighted by atomic mass is 32.2. The van der Waals surface area contributed by atoms with Gasteiger partial charge in [-0.05, 0) is 43.2 Å². The zero-order valence-electron chi connectivity index (χ0n) is 16.5. The van der Waals surface area contributed by atoms with Gasteiger partial charge >= 0.3 is 6.18 Å². The highest BCUT2D eigenvalue weighted by Crippen LogP contribution is 2.33. The van der Waals surface area contributed by atoms with Crippen molar-refractivity contribution in [2.24, 2.45) is 0 Å². The molecule has 0 radical (unpaired) electrons. The number of benzene rings is 2. The van der Waals surface area contributed by atoms with Crippen LogP contribution in [0.25, 0.3) is 0 Å². The zero-order chi connectivity index (χ0) is 22.6. The maximum atomic E-state index is 12.9. The Bertz CT molecular complexity index is 1050. The molecule has 0 bridgehead atoms. The van der Waals surface area contributed by atoms with E-state index in [-0.39, 0.29) is 34.8 Å². The molecule has 3 rings (SSSR count). The van der Waals surface area contributed by atoms with E-state index in [4.69, 9.17) is 9.47 Å². The molecule has 1 unspecified atom stereocenters. The maximum Gasteiger partial charge on any atom is 0.416 e. The molecule has 0 aliphatic carbocycles. The molecule has 2 aromatic carbocycles. The minimum absolute atomic E-state index is 0.0746. The van der Waals surface area contributed by atoms with Gasteiger partial charge in [0.25, 0.3) is 10.0 Å². The summed E-state index contributed by atoms with van der Waals surface area (Å²) in [5.74, 6) is -0.360. The molecule has 0 saturated carbocycles. The highest BCUT2D eigenvalue weighted by molar-refractivity contribution is 7.92. The van der Waals surface area contributed by atoms with Crippen LogP contribution in [0, 0.1) is 0 Å². The second-order valence-corrected chi connectivity index (χ2v) is 8.59. The average molecular weight is 458 g/mol. The molecule has 2 N–H and O–H groups in total. The van der Waals surface area contributed by atoms with Gasteiger partial charge in [-0.3, -0.25) is 9.52 Å². The molecule has 1 heterocycles. The van der Waals surface area contributed by atoms with Gasteiger partial charge in [0.1, 0.15) is 10.6 Å². The Kier molecular flexibility index (Phi) is 6.75. The van der Waals surface area contributed by atoms with Gasteiger partial charge in [-0.1, -0.05) is 6.07 Å². The lowest BCUT2D eigenvalue weighted by Gasteiger charge is -2.15. The van der Waals surface area contributed by atoms with E-state index in [1.807, 2.05) is 0 Å². The normalized spacial score (nSPS) is 16.7. The number of alkyl halides is 3. The summed E-state index contributed by atoms with van der Waals surface area (Å²) in [6, 6.07) is 7.75. The Balaban J connectivity index is 1.77. The van der Waals surface area contributed by atoms with Crippen LogP contribution in [-0.2, 0) is 25.7 Å². The van der Waals surface area contributed by atoms with E-state index in [0.717, 1.165) is 25.0 Å². The summed E-state index contributed by atoms with van der Waals surface area (Å²) >= 11 is 0. The van der Waals surface area contributed by atoms with Crippen molar-refractivity contribution in [2.45, 2.75) is 36.4 Å². The van der Waals surface area contributed by atoms with E-state index >= 15 is 0 Å². The van der Waals surface area contributed by atoms with Gasteiger partial charge < -0.3 is 14.8 Å². The van der Waals surface area contributed by atoms with Crippen molar-refractivity contribution >= 4 is 27.3 Å². The molecule has 31 heavy (non-hydrogen) atoms. The molecule has 7 nitrogen and oxygen atoms in total. The Hall–Kier alpha value is -2.79. The lowest BCUT2D eigenvalue weighted by molar-refractivity contribution is -0.137. The van der Waals surface area contributed by atoms with Crippen molar-refractivity contribution in [3.63, 3.8) is 0 Å². The first-order valence-electron chi connectivity index (χ1n) is 9.38.